The van der Waals surface area contributed by atoms with Crippen LogP contribution in [0, 0.1) is 0 Å². The van der Waals surface area contributed by atoms with E-state index in [1.165, 1.54) is 0 Å². The summed E-state index contributed by atoms with van der Waals surface area (Å²) in [6, 6.07) is 9.87. The van der Waals surface area contributed by atoms with Crippen molar-refractivity contribution in [1.82, 2.24) is 9.80 Å². The average Bonchev–Trinajstić information content (AvgIpc) is 3.16. The zero-order valence-corrected chi connectivity index (χ0v) is 14.5. The van der Waals surface area contributed by atoms with Crippen LogP contribution in [0.25, 0.3) is 0 Å². The topological polar surface area (TPSA) is 49.9 Å². The molecule has 1 aromatic rings. The van der Waals surface area contributed by atoms with Gasteiger partial charge >= 0.3 is 0 Å². The van der Waals surface area contributed by atoms with Gasteiger partial charge in [-0.2, -0.15) is 0 Å². The average molecular weight is 330 g/mol. The number of hydrogen-bond acceptors (Lipinski definition) is 3. The van der Waals surface area contributed by atoms with Crippen LogP contribution in [0.5, 0.6) is 0 Å². The molecule has 24 heavy (non-hydrogen) atoms. The minimum atomic E-state index is -0.554. The van der Waals surface area contributed by atoms with Crippen LogP contribution in [0.3, 0.4) is 0 Å². The Morgan fingerprint density at radius 2 is 1.67 bits per heavy atom. The van der Waals surface area contributed by atoms with E-state index in [2.05, 4.69) is 0 Å². The summed E-state index contributed by atoms with van der Waals surface area (Å²) >= 11 is 0. The summed E-state index contributed by atoms with van der Waals surface area (Å²) in [5, 5.41) is 0. The predicted octanol–water partition coefficient (Wildman–Crippen LogP) is 1.81. The van der Waals surface area contributed by atoms with E-state index in [-0.39, 0.29) is 17.9 Å². The van der Waals surface area contributed by atoms with E-state index in [0.29, 0.717) is 32.8 Å². The zero-order valence-electron chi connectivity index (χ0n) is 14.5. The highest BCUT2D eigenvalue weighted by Crippen LogP contribution is 2.26. The molecule has 2 aliphatic heterocycles. The summed E-state index contributed by atoms with van der Waals surface area (Å²) in [4.78, 5) is 29.1. The molecule has 0 spiro atoms. The Morgan fingerprint density at radius 1 is 1.04 bits per heavy atom. The minimum absolute atomic E-state index is 0.0851. The van der Waals surface area contributed by atoms with Crippen LogP contribution in [-0.2, 0) is 19.7 Å². The molecule has 3 rings (SSSR count). The third-order valence-electron chi connectivity index (χ3n) is 5.11. The maximum absolute atomic E-state index is 13.0. The number of rotatable bonds is 3. The van der Waals surface area contributed by atoms with Crippen LogP contribution >= 0.6 is 0 Å². The van der Waals surface area contributed by atoms with E-state index in [1.54, 1.807) is 0 Å². The summed E-state index contributed by atoms with van der Waals surface area (Å²) in [5.74, 6) is 0.208. The van der Waals surface area contributed by atoms with Gasteiger partial charge in [-0.25, -0.2) is 0 Å². The molecule has 0 radical (unpaired) electrons. The van der Waals surface area contributed by atoms with Crippen molar-refractivity contribution in [2.75, 3.05) is 32.8 Å². The van der Waals surface area contributed by atoms with Crippen LogP contribution in [0.15, 0.2) is 30.3 Å². The Labute approximate surface area is 143 Å². The Balaban J connectivity index is 1.60. The van der Waals surface area contributed by atoms with E-state index in [0.717, 1.165) is 18.4 Å². The van der Waals surface area contributed by atoms with Crippen molar-refractivity contribution < 1.29 is 14.3 Å². The van der Waals surface area contributed by atoms with Crippen molar-refractivity contribution in [1.29, 1.82) is 0 Å². The first kappa shape index (κ1) is 17.0. The van der Waals surface area contributed by atoms with Gasteiger partial charge < -0.3 is 14.5 Å². The van der Waals surface area contributed by atoms with E-state index >= 15 is 0 Å². The van der Waals surface area contributed by atoms with Crippen LogP contribution in [0.4, 0.5) is 0 Å². The van der Waals surface area contributed by atoms with Crippen molar-refractivity contribution in [3.8, 4) is 0 Å². The Bertz CT molecular complexity index is 586. The number of nitrogens with zero attached hydrogens (tertiary/aromatic N) is 2. The van der Waals surface area contributed by atoms with E-state index in [9.17, 15) is 9.59 Å². The Kier molecular flexibility index (Phi) is 4.90. The first-order valence-electron chi connectivity index (χ1n) is 8.75. The lowest BCUT2D eigenvalue weighted by Crippen LogP contribution is -2.55. The van der Waals surface area contributed by atoms with Gasteiger partial charge in [0.25, 0.3) is 5.91 Å². The fourth-order valence-corrected chi connectivity index (χ4v) is 3.48. The molecule has 2 fully saturated rings. The highest BCUT2D eigenvalue weighted by atomic mass is 16.5. The molecule has 2 heterocycles. The lowest BCUT2D eigenvalue weighted by Gasteiger charge is -2.39. The smallest absolute Gasteiger partial charge is 0.251 e. The monoisotopic (exact) mass is 330 g/mol. The van der Waals surface area contributed by atoms with Crippen LogP contribution in [0.2, 0.25) is 0 Å². The van der Waals surface area contributed by atoms with E-state index in [1.807, 2.05) is 54.0 Å². The molecule has 0 saturated carbocycles. The molecular formula is C19H26N2O3. The van der Waals surface area contributed by atoms with Crippen molar-refractivity contribution >= 4 is 11.8 Å². The van der Waals surface area contributed by atoms with Crippen molar-refractivity contribution in [3.63, 3.8) is 0 Å². The molecule has 0 N–H and O–H groups in total. The normalized spacial score (nSPS) is 21.8. The molecule has 130 valence electrons. The third-order valence-corrected chi connectivity index (χ3v) is 5.11. The molecule has 2 aliphatic rings. The number of piperazine rings is 1. The van der Waals surface area contributed by atoms with Crippen molar-refractivity contribution in [3.05, 3.63) is 35.9 Å². The van der Waals surface area contributed by atoms with Crippen LogP contribution in [-0.4, -0.2) is 60.5 Å². The maximum Gasteiger partial charge on any atom is 0.251 e. The highest BCUT2D eigenvalue weighted by Gasteiger charge is 2.37. The summed E-state index contributed by atoms with van der Waals surface area (Å²) in [7, 11) is 0. The fourth-order valence-electron chi connectivity index (χ4n) is 3.48. The lowest BCUT2D eigenvalue weighted by molar-refractivity contribution is -0.147. The number of ether oxygens (including phenoxy) is 1. The van der Waals surface area contributed by atoms with Gasteiger partial charge in [0.05, 0.1) is 5.41 Å². The summed E-state index contributed by atoms with van der Waals surface area (Å²) < 4.78 is 5.48. The summed E-state index contributed by atoms with van der Waals surface area (Å²) in [5.41, 5.74) is 0.468. The number of benzene rings is 1. The molecule has 0 bridgehead atoms. The number of amides is 2. The first-order valence-corrected chi connectivity index (χ1v) is 8.75. The van der Waals surface area contributed by atoms with Crippen molar-refractivity contribution in [2.45, 2.75) is 38.2 Å². The highest BCUT2D eigenvalue weighted by molar-refractivity contribution is 5.88. The quantitative estimate of drug-likeness (QED) is 0.849. The lowest BCUT2D eigenvalue weighted by atomic mass is 9.83. The molecule has 0 aromatic heterocycles. The first-order chi connectivity index (χ1) is 11.5. The molecular weight excluding hydrogens is 304 g/mol. The molecule has 0 aliphatic carbocycles. The number of carbonyl (C=O) groups excluding carboxylic acids is 2. The molecule has 5 nitrogen and oxygen atoms in total. The Hall–Kier alpha value is -1.88. The molecule has 5 heteroatoms. The van der Waals surface area contributed by atoms with Gasteiger partial charge in [-0.3, -0.25) is 9.59 Å². The molecule has 1 unspecified atom stereocenters. The maximum atomic E-state index is 13.0. The van der Waals surface area contributed by atoms with Crippen LogP contribution in [0.1, 0.15) is 32.3 Å². The van der Waals surface area contributed by atoms with Crippen LogP contribution < -0.4 is 0 Å². The molecule has 1 aromatic carbocycles. The van der Waals surface area contributed by atoms with Gasteiger partial charge in [-0.05, 0) is 32.3 Å². The number of hydrogen-bond donors (Lipinski definition) is 0. The fraction of sp³-hybridized carbons (Fsp3) is 0.579. The second-order valence-corrected chi connectivity index (χ2v) is 7.11. The standard InChI is InChI=1S/C19H26N2O3/c1-19(2,15-7-4-3-5-8-15)18(23)21-12-10-20(11-13-21)17(22)16-9-6-14-24-16/h3-5,7-8,16H,6,9-14H2,1-2H3. The largest absolute Gasteiger partial charge is 0.368 e. The third kappa shape index (κ3) is 3.31. The SMILES string of the molecule is CC(C)(C(=O)N1CCN(C(=O)C2CCCO2)CC1)c1ccccc1. The van der Waals surface area contributed by atoms with E-state index < -0.39 is 5.41 Å². The van der Waals surface area contributed by atoms with Gasteiger partial charge in [0.1, 0.15) is 6.10 Å². The second-order valence-electron chi connectivity index (χ2n) is 7.11. The van der Waals surface area contributed by atoms with Gasteiger partial charge in [0, 0.05) is 32.8 Å². The zero-order chi connectivity index (χ0) is 17.2. The minimum Gasteiger partial charge on any atom is -0.368 e. The molecule has 2 amide bonds. The Morgan fingerprint density at radius 3 is 2.25 bits per heavy atom. The van der Waals surface area contributed by atoms with Gasteiger partial charge in [-0.1, -0.05) is 30.3 Å². The predicted molar refractivity (Wildman–Crippen MR) is 91.6 cm³/mol. The molecule has 2 saturated heterocycles. The van der Waals surface area contributed by atoms with Gasteiger partial charge in [0.2, 0.25) is 5.91 Å². The van der Waals surface area contributed by atoms with Gasteiger partial charge in [-0.15, -0.1) is 0 Å². The number of carbonyl (C=O) groups is 2. The van der Waals surface area contributed by atoms with Crippen molar-refractivity contribution in [2.24, 2.45) is 0 Å². The summed E-state index contributed by atoms with van der Waals surface area (Å²) in [6.07, 6.45) is 1.51. The van der Waals surface area contributed by atoms with E-state index in [4.69, 9.17) is 4.74 Å². The molecule has 1 atom stereocenters. The second kappa shape index (κ2) is 6.93. The van der Waals surface area contributed by atoms with Gasteiger partial charge in [0.15, 0.2) is 0 Å². The summed E-state index contributed by atoms with van der Waals surface area (Å²) in [6.45, 7) is 6.98.